The van der Waals surface area contributed by atoms with Crippen LogP contribution in [0.4, 0.5) is 0 Å². The van der Waals surface area contributed by atoms with E-state index in [2.05, 4.69) is 4.74 Å². The first-order chi connectivity index (χ1) is 7.80. The monoisotopic (exact) mass is 213 g/mol. The van der Waals surface area contributed by atoms with Crippen LogP contribution >= 0.6 is 0 Å². The number of nitrogens with two attached hydrogens (primary N) is 1. The number of aromatic hydroxyl groups is 2. The summed E-state index contributed by atoms with van der Waals surface area (Å²) in [6, 6.07) is 1.85. The first-order valence-corrected chi connectivity index (χ1v) is 4.16. The van der Waals surface area contributed by atoms with E-state index in [1.54, 1.807) is 0 Å². The third kappa shape index (κ3) is 2.85. The summed E-state index contributed by atoms with van der Waals surface area (Å²) >= 11 is 0. The fraction of sp³-hybridized carbons (Fsp3) is 0.300. The molecule has 5 heteroatoms. The van der Waals surface area contributed by atoms with Crippen molar-refractivity contribution in [3.8, 4) is 11.5 Å². The van der Waals surface area contributed by atoms with E-state index in [1.807, 2.05) is 0 Å². The van der Waals surface area contributed by atoms with E-state index < -0.39 is 24.1 Å². The summed E-state index contributed by atoms with van der Waals surface area (Å²) in [5, 5.41) is 18.4. The summed E-state index contributed by atoms with van der Waals surface area (Å²) in [6.07, 6.45) is -2.21. The summed E-state index contributed by atoms with van der Waals surface area (Å²) in [4.78, 5) is 11.2. The molecule has 0 aromatic heterocycles. The molecule has 0 bridgehead atoms. The quantitative estimate of drug-likeness (QED) is 0.490. The molecule has 0 amide bonds. The van der Waals surface area contributed by atoms with Crippen molar-refractivity contribution in [2.45, 2.75) is 12.4 Å². The molecule has 0 saturated heterocycles. The molecule has 0 heterocycles. The fourth-order valence-electron chi connectivity index (χ4n) is 0.979. The number of esters is 1. The van der Waals surface area contributed by atoms with Crippen LogP contribution in [0.25, 0.3) is 0 Å². The molecule has 0 radical (unpaired) electrons. The smallest absolute Gasteiger partial charge is 0.322 e. The largest absolute Gasteiger partial charge is 0.504 e. The molecule has 0 fully saturated rings. The van der Waals surface area contributed by atoms with Gasteiger partial charge in [-0.1, -0.05) is 6.07 Å². The maximum atomic E-state index is 11.2. The molecule has 1 rings (SSSR count). The molecule has 0 aliphatic rings. The van der Waals surface area contributed by atoms with Crippen molar-refractivity contribution < 1.29 is 22.5 Å². The second-order valence-electron chi connectivity index (χ2n) is 2.85. The van der Waals surface area contributed by atoms with Gasteiger partial charge in [0.15, 0.2) is 11.5 Å². The van der Waals surface area contributed by atoms with Gasteiger partial charge in [0, 0.05) is 2.74 Å². The number of ether oxygens (including phenoxy) is 1. The lowest BCUT2D eigenvalue weighted by molar-refractivity contribution is -0.142. The minimum atomic E-state index is -2.21. The summed E-state index contributed by atoms with van der Waals surface area (Å²) in [5.74, 6) is -1.76. The van der Waals surface area contributed by atoms with Crippen LogP contribution in [0.1, 0.15) is 8.30 Å². The Morgan fingerprint density at radius 1 is 1.60 bits per heavy atom. The maximum Gasteiger partial charge on any atom is 0.322 e. The van der Waals surface area contributed by atoms with E-state index in [4.69, 9.17) is 13.6 Å². The lowest BCUT2D eigenvalue weighted by atomic mass is 10.1. The molecular formula is C10H13NO4. The number of carbonyl (C=O) groups excluding carboxylic acids is 1. The lowest BCUT2D eigenvalue weighted by Gasteiger charge is -2.09. The van der Waals surface area contributed by atoms with E-state index in [-0.39, 0.29) is 11.3 Å². The predicted octanol–water partition coefficient (Wildman–Crippen LogP) is 0.141. The standard InChI is InChI=1S/C10H13NO4/c1-15-10(14)7(11)4-6-2-3-8(12)9(13)5-6/h2-3,5,7,12-13H,4,11H2,1H3/t7-/m0/s1/i4D2. The number of carbonyl (C=O) groups is 1. The van der Waals surface area contributed by atoms with Crippen molar-refractivity contribution in [2.24, 2.45) is 5.73 Å². The van der Waals surface area contributed by atoms with Crippen molar-refractivity contribution in [1.29, 1.82) is 0 Å². The Bertz CT molecular complexity index is 436. The minimum Gasteiger partial charge on any atom is -0.504 e. The van der Waals surface area contributed by atoms with Crippen LogP contribution < -0.4 is 5.73 Å². The zero-order valence-corrected chi connectivity index (χ0v) is 8.10. The number of hydrogen-bond acceptors (Lipinski definition) is 5. The third-order valence-corrected chi connectivity index (χ3v) is 1.75. The topological polar surface area (TPSA) is 92.8 Å². The van der Waals surface area contributed by atoms with E-state index in [1.165, 1.54) is 6.07 Å². The molecule has 4 N–H and O–H groups in total. The summed E-state index contributed by atoms with van der Waals surface area (Å²) in [6.45, 7) is 0. The van der Waals surface area contributed by atoms with Crippen LogP contribution in [-0.2, 0) is 15.9 Å². The van der Waals surface area contributed by atoms with Crippen LogP contribution in [0.15, 0.2) is 18.2 Å². The highest BCUT2D eigenvalue weighted by Gasteiger charge is 2.14. The molecule has 0 aliphatic heterocycles. The maximum absolute atomic E-state index is 11.2. The van der Waals surface area contributed by atoms with E-state index in [0.717, 1.165) is 19.2 Å². The fourth-order valence-corrected chi connectivity index (χ4v) is 0.979. The summed E-state index contributed by atoms with van der Waals surface area (Å²) < 4.78 is 19.8. The van der Waals surface area contributed by atoms with E-state index >= 15 is 0 Å². The number of benzene rings is 1. The molecule has 82 valence electrons. The van der Waals surface area contributed by atoms with Gasteiger partial charge in [0.2, 0.25) is 0 Å². The van der Waals surface area contributed by atoms with Gasteiger partial charge in [-0.15, -0.1) is 0 Å². The zero-order valence-electron chi connectivity index (χ0n) is 10.1. The average molecular weight is 213 g/mol. The zero-order chi connectivity index (χ0) is 13.2. The molecule has 1 aromatic carbocycles. The number of hydrogen-bond donors (Lipinski definition) is 3. The van der Waals surface area contributed by atoms with Crippen molar-refractivity contribution >= 4 is 5.97 Å². The Kier molecular flexibility index (Phi) is 2.65. The minimum absolute atomic E-state index is 0.0225. The Morgan fingerprint density at radius 3 is 2.80 bits per heavy atom. The van der Waals surface area contributed by atoms with Gasteiger partial charge in [0.25, 0.3) is 0 Å². The molecule has 0 unspecified atom stereocenters. The van der Waals surface area contributed by atoms with Crippen molar-refractivity contribution in [3.05, 3.63) is 23.8 Å². The van der Waals surface area contributed by atoms with Crippen LogP contribution in [0.5, 0.6) is 11.5 Å². The number of phenolic OH excluding ortho intramolecular Hbond substituents is 2. The van der Waals surface area contributed by atoms with Crippen LogP contribution in [0, 0.1) is 0 Å². The van der Waals surface area contributed by atoms with Gasteiger partial charge >= 0.3 is 5.97 Å². The molecule has 0 saturated carbocycles. The average Bonchev–Trinajstić information content (AvgIpc) is 2.30. The number of rotatable bonds is 3. The second-order valence-corrected chi connectivity index (χ2v) is 2.85. The van der Waals surface area contributed by atoms with Crippen molar-refractivity contribution in [3.63, 3.8) is 0 Å². The molecule has 0 aliphatic carbocycles. The van der Waals surface area contributed by atoms with Crippen LogP contribution in [0.2, 0.25) is 0 Å². The first-order valence-electron chi connectivity index (χ1n) is 5.16. The van der Waals surface area contributed by atoms with Gasteiger partial charge in [0.1, 0.15) is 6.04 Å². The lowest BCUT2D eigenvalue weighted by Crippen LogP contribution is -2.33. The highest BCUT2D eigenvalue weighted by atomic mass is 16.5. The number of methoxy groups -OCH3 is 1. The Morgan fingerprint density at radius 2 is 2.27 bits per heavy atom. The van der Waals surface area contributed by atoms with Crippen molar-refractivity contribution in [2.75, 3.05) is 7.11 Å². The summed E-state index contributed by atoms with van der Waals surface area (Å²) in [5.41, 5.74) is 5.41. The normalized spacial score (nSPS) is 15.1. The Labute approximate surface area is 89.9 Å². The van der Waals surface area contributed by atoms with Crippen LogP contribution in [-0.4, -0.2) is 29.3 Å². The SMILES string of the molecule is [2H]C([2H])(c1ccc(O)c(O)c1)[C@H](N)C(=O)OC. The second kappa shape index (κ2) is 4.65. The Balaban J connectivity index is 3.11. The third-order valence-electron chi connectivity index (χ3n) is 1.75. The predicted molar refractivity (Wildman–Crippen MR) is 53.5 cm³/mol. The number of phenols is 2. The van der Waals surface area contributed by atoms with Gasteiger partial charge in [0.05, 0.1) is 7.11 Å². The van der Waals surface area contributed by atoms with Gasteiger partial charge < -0.3 is 20.7 Å². The molecule has 1 aromatic rings. The molecule has 0 spiro atoms. The van der Waals surface area contributed by atoms with Crippen LogP contribution in [0.3, 0.4) is 0 Å². The molecule has 5 nitrogen and oxygen atoms in total. The first kappa shape index (κ1) is 8.55. The van der Waals surface area contributed by atoms with Gasteiger partial charge in [-0.2, -0.15) is 0 Å². The molecule has 15 heavy (non-hydrogen) atoms. The van der Waals surface area contributed by atoms with Gasteiger partial charge in [-0.3, -0.25) is 4.79 Å². The molecular weight excluding hydrogens is 198 g/mol. The molecule has 1 atom stereocenters. The van der Waals surface area contributed by atoms with Gasteiger partial charge in [-0.25, -0.2) is 0 Å². The summed E-state index contributed by atoms with van der Waals surface area (Å²) in [7, 11) is 1.10. The Hall–Kier alpha value is -1.75. The van der Waals surface area contributed by atoms with E-state index in [0.29, 0.717) is 0 Å². The highest BCUT2D eigenvalue weighted by Crippen LogP contribution is 2.25. The van der Waals surface area contributed by atoms with E-state index in [9.17, 15) is 9.90 Å². The van der Waals surface area contributed by atoms with Gasteiger partial charge in [-0.05, 0) is 24.1 Å². The highest BCUT2D eigenvalue weighted by molar-refractivity contribution is 5.75. The van der Waals surface area contributed by atoms with Crippen molar-refractivity contribution in [1.82, 2.24) is 0 Å².